The molecule has 0 aliphatic rings. The van der Waals surface area contributed by atoms with E-state index < -0.39 is 10.0 Å². The van der Waals surface area contributed by atoms with Crippen molar-refractivity contribution in [2.75, 3.05) is 10.5 Å². The Labute approximate surface area is 119 Å². The van der Waals surface area contributed by atoms with Crippen molar-refractivity contribution in [3.8, 4) is 0 Å². The second-order valence-electron chi connectivity index (χ2n) is 3.65. The molecule has 0 aliphatic heterocycles. The fourth-order valence-electron chi connectivity index (χ4n) is 1.45. The van der Waals surface area contributed by atoms with Gasteiger partial charge in [0.25, 0.3) is 10.0 Å². The summed E-state index contributed by atoms with van der Waals surface area (Å²) in [5.74, 6) is 0. The van der Waals surface area contributed by atoms with E-state index in [-0.39, 0.29) is 10.6 Å². The molecule has 94 valence electrons. The molecule has 6 heteroatoms. The zero-order valence-corrected chi connectivity index (χ0v) is 12.3. The Morgan fingerprint density at radius 3 is 2.22 bits per heavy atom. The maximum absolute atomic E-state index is 12.1. The van der Waals surface area contributed by atoms with Gasteiger partial charge in [-0.2, -0.15) is 0 Å². The van der Waals surface area contributed by atoms with Gasteiger partial charge in [-0.15, -0.1) is 0 Å². The van der Waals surface area contributed by atoms with E-state index in [1.807, 2.05) is 12.1 Å². The van der Waals surface area contributed by atoms with Crippen LogP contribution in [0.4, 0.5) is 11.4 Å². The van der Waals surface area contributed by atoms with Crippen molar-refractivity contribution in [2.24, 2.45) is 0 Å². The number of anilines is 2. The summed E-state index contributed by atoms with van der Waals surface area (Å²) in [6.45, 7) is 0. The first kappa shape index (κ1) is 13.2. The molecular weight excluding hydrogens is 363 g/mol. The van der Waals surface area contributed by atoms with Crippen LogP contribution in [0.15, 0.2) is 53.4 Å². The second kappa shape index (κ2) is 5.15. The van der Waals surface area contributed by atoms with Crippen molar-refractivity contribution in [3.05, 3.63) is 52.1 Å². The zero-order chi connectivity index (χ0) is 13.2. The third kappa shape index (κ3) is 2.94. The number of rotatable bonds is 3. The second-order valence-corrected chi connectivity index (χ2v) is 6.55. The van der Waals surface area contributed by atoms with Gasteiger partial charge < -0.3 is 5.73 Å². The van der Waals surface area contributed by atoms with E-state index in [4.69, 9.17) is 5.73 Å². The van der Waals surface area contributed by atoms with Crippen molar-refractivity contribution in [3.63, 3.8) is 0 Å². The molecule has 4 nitrogen and oxygen atoms in total. The summed E-state index contributed by atoms with van der Waals surface area (Å²) >= 11 is 2.15. The Balaban J connectivity index is 2.33. The smallest absolute Gasteiger partial charge is 0.263 e. The first-order chi connectivity index (χ1) is 8.49. The van der Waals surface area contributed by atoms with E-state index in [2.05, 4.69) is 27.3 Å². The minimum atomic E-state index is -3.63. The van der Waals surface area contributed by atoms with Crippen LogP contribution in [0.2, 0.25) is 0 Å². The van der Waals surface area contributed by atoms with Crippen LogP contribution in [0.25, 0.3) is 0 Å². The summed E-state index contributed by atoms with van der Waals surface area (Å²) in [5.41, 5.74) is 6.41. The van der Waals surface area contributed by atoms with Crippen LogP contribution < -0.4 is 10.5 Å². The van der Waals surface area contributed by atoms with Gasteiger partial charge in [0.15, 0.2) is 0 Å². The quantitative estimate of drug-likeness (QED) is 0.641. The number of para-hydroxylation sites is 1. The Bertz CT molecular complexity index is 654. The molecule has 0 saturated heterocycles. The number of sulfonamides is 1. The van der Waals surface area contributed by atoms with Gasteiger partial charge in [0.1, 0.15) is 4.90 Å². The van der Waals surface area contributed by atoms with Crippen LogP contribution in [-0.2, 0) is 10.0 Å². The number of halogens is 1. The molecule has 18 heavy (non-hydrogen) atoms. The Hall–Kier alpha value is -1.28. The highest BCUT2D eigenvalue weighted by Gasteiger charge is 2.16. The van der Waals surface area contributed by atoms with Gasteiger partial charge in [-0.1, -0.05) is 12.1 Å². The largest absolute Gasteiger partial charge is 0.398 e. The number of nitrogens with one attached hydrogen (secondary N) is 1. The van der Waals surface area contributed by atoms with E-state index in [1.165, 1.54) is 6.07 Å². The van der Waals surface area contributed by atoms with E-state index in [0.717, 1.165) is 3.57 Å². The number of hydrogen-bond donors (Lipinski definition) is 2. The Kier molecular flexibility index (Phi) is 3.76. The molecule has 0 radical (unpaired) electrons. The maximum atomic E-state index is 12.1. The lowest BCUT2D eigenvalue weighted by Gasteiger charge is -2.09. The summed E-state index contributed by atoms with van der Waals surface area (Å²) in [4.78, 5) is 0.0866. The molecule has 0 amide bonds. The van der Waals surface area contributed by atoms with Crippen LogP contribution in [0.5, 0.6) is 0 Å². The van der Waals surface area contributed by atoms with Gasteiger partial charge in [0.2, 0.25) is 0 Å². The summed E-state index contributed by atoms with van der Waals surface area (Å²) in [5, 5.41) is 0. The van der Waals surface area contributed by atoms with Crippen LogP contribution in [0, 0.1) is 3.57 Å². The molecule has 0 heterocycles. The summed E-state index contributed by atoms with van der Waals surface area (Å²) in [7, 11) is -3.63. The number of nitrogens with two attached hydrogens (primary N) is 1. The normalized spacial score (nSPS) is 11.2. The number of nitrogen functional groups attached to an aromatic ring is 1. The molecular formula is C12H11IN2O2S. The SMILES string of the molecule is Nc1ccccc1S(=O)(=O)Nc1ccc(I)cc1. The van der Waals surface area contributed by atoms with Crippen molar-refractivity contribution in [1.82, 2.24) is 0 Å². The Morgan fingerprint density at radius 1 is 1.00 bits per heavy atom. The summed E-state index contributed by atoms with van der Waals surface area (Å²) in [6.07, 6.45) is 0. The maximum Gasteiger partial charge on any atom is 0.263 e. The molecule has 2 aromatic rings. The van der Waals surface area contributed by atoms with Crippen LogP contribution in [0.1, 0.15) is 0 Å². The Morgan fingerprint density at radius 2 is 1.61 bits per heavy atom. The van der Waals surface area contributed by atoms with Crippen molar-refractivity contribution >= 4 is 44.0 Å². The average molecular weight is 374 g/mol. The molecule has 0 fully saturated rings. The fraction of sp³-hybridized carbons (Fsp3) is 0. The molecule has 0 aliphatic carbocycles. The molecule has 0 aromatic heterocycles. The molecule has 0 atom stereocenters. The predicted octanol–water partition coefficient (Wildman–Crippen LogP) is 2.67. The van der Waals surface area contributed by atoms with Crippen LogP contribution in [-0.4, -0.2) is 8.42 Å². The predicted molar refractivity (Wildman–Crippen MR) is 80.8 cm³/mol. The van der Waals surface area contributed by atoms with Gasteiger partial charge in [-0.25, -0.2) is 8.42 Å². The summed E-state index contributed by atoms with van der Waals surface area (Å²) in [6, 6.07) is 13.4. The highest BCUT2D eigenvalue weighted by atomic mass is 127. The van der Waals surface area contributed by atoms with E-state index in [9.17, 15) is 8.42 Å². The molecule has 0 spiro atoms. The first-order valence-electron chi connectivity index (χ1n) is 5.12. The highest BCUT2D eigenvalue weighted by molar-refractivity contribution is 14.1. The fourth-order valence-corrected chi connectivity index (χ4v) is 3.01. The molecule has 0 unspecified atom stereocenters. The van der Waals surface area contributed by atoms with Gasteiger partial charge in [-0.05, 0) is 59.0 Å². The monoisotopic (exact) mass is 374 g/mol. The number of hydrogen-bond acceptors (Lipinski definition) is 3. The van der Waals surface area contributed by atoms with Crippen molar-refractivity contribution in [1.29, 1.82) is 0 Å². The van der Waals surface area contributed by atoms with Gasteiger partial charge in [0.05, 0.1) is 5.69 Å². The standard InChI is InChI=1S/C12H11IN2O2S/c13-9-5-7-10(8-6-9)15-18(16,17)12-4-2-1-3-11(12)14/h1-8,15H,14H2. The van der Waals surface area contributed by atoms with Gasteiger partial charge in [-0.3, -0.25) is 4.72 Å². The van der Waals surface area contributed by atoms with Crippen LogP contribution >= 0.6 is 22.6 Å². The zero-order valence-electron chi connectivity index (χ0n) is 9.30. The van der Waals surface area contributed by atoms with Gasteiger partial charge in [0, 0.05) is 9.26 Å². The highest BCUT2D eigenvalue weighted by Crippen LogP contribution is 2.21. The lowest BCUT2D eigenvalue weighted by molar-refractivity contribution is 0.601. The number of benzene rings is 2. The molecule has 0 bridgehead atoms. The van der Waals surface area contributed by atoms with E-state index in [0.29, 0.717) is 5.69 Å². The average Bonchev–Trinajstić information content (AvgIpc) is 2.32. The lowest BCUT2D eigenvalue weighted by atomic mass is 10.3. The summed E-state index contributed by atoms with van der Waals surface area (Å²) < 4.78 is 27.8. The van der Waals surface area contributed by atoms with E-state index in [1.54, 1.807) is 30.3 Å². The van der Waals surface area contributed by atoms with Gasteiger partial charge >= 0.3 is 0 Å². The third-order valence-electron chi connectivity index (χ3n) is 2.30. The minimum Gasteiger partial charge on any atom is -0.398 e. The van der Waals surface area contributed by atoms with Crippen LogP contribution in [0.3, 0.4) is 0 Å². The van der Waals surface area contributed by atoms with Crippen molar-refractivity contribution < 1.29 is 8.42 Å². The third-order valence-corrected chi connectivity index (χ3v) is 4.48. The minimum absolute atomic E-state index is 0.0866. The van der Waals surface area contributed by atoms with E-state index >= 15 is 0 Å². The first-order valence-corrected chi connectivity index (χ1v) is 7.68. The lowest BCUT2D eigenvalue weighted by Crippen LogP contribution is -2.14. The molecule has 0 saturated carbocycles. The molecule has 3 N–H and O–H groups in total. The topological polar surface area (TPSA) is 72.2 Å². The molecule has 2 aromatic carbocycles. The molecule has 2 rings (SSSR count). The van der Waals surface area contributed by atoms with Crippen molar-refractivity contribution in [2.45, 2.75) is 4.90 Å².